The van der Waals surface area contributed by atoms with Gasteiger partial charge in [-0.3, -0.25) is 0 Å². The number of ether oxygens (including phenoxy) is 1. The Morgan fingerprint density at radius 2 is 2.43 bits per heavy atom. The largest absolute Gasteiger partial charge is 0.507 e. The van der Waals surface area contributed by atoms with Crippen molar-refractivity contribution in [2.24, 2.45) is 0 Å². The Bertz CT molecular complexity index is 489. The Kier molecular flexibility index (Phi) is 1.85. The lowest BCUT2D eigenvalue weighted by Gasteiger charge is -1.99. The minimum atomic E-state index is -0.612. The zero-order valence-corrected chi connectivity index (χ0v) is 7.35. The van der Waals surface area contributed by atoms with E-state index in [1.807, 2.05) is 0 Å². The molecule has 72 valence electrons. The van der Waals surface area contributed by atoms with Gasteiger partial charge in [-0.05, 0) is 6.07 Å². The van der Waals surface area contributed by atoms with Crippen molar-refractivity contribution in [3.8, 4) is 5.75 Å². The fraction of sp³-hybridized carbons (Fsp3) is 0.111. The summed E-state index contributed by atoms with van der Waals surface area (Å²) in [6.07, 6.45) is 1.39. The SMILES string of the molecule is COC(=O)c1cc(O)c2ccoc2n1. The Morgan fingerprint density at radius 3 is 3.14 bits per heavy atom. The van der Waals surface area contributed by atoms with E-state index in [0.29, 0.717) is 5.39 Å². The molecule has 0 radical (unpaired) electrons. The number of pyridine rings is 1. The number of methoxy groups -OCH3 is 1. The van der Waals surface area contributed by atoms with Crippen molar-refractivity contribution >= 4 is 17.1 Å². The first-order valence-corrected chi connectivity index (χ1v) is 3.88. The summed E-state index contributed by atoms with van der Waals surface area (Å²) in [5.41, 5.74) is 0.234. The smallest absolute Gasteiger partial charge is 0.356 e. The Hall–Kier alpha value is -2.04. The van der Waals surface area contributed by atoms with Gasteiger partial charge in [0, 0.05) is 6.07 Å². The minimum Gasteiger partial charge on any atom is -0.507 e. The monoisotopic (exact) mass is 193 g/mol. The molecule has 0 unspecified atom stereocenters. The van der Waals surface area contributed by atoms with E-state index in [1.54, 1.807) is 6.07 Å². The van der Waals surface area contributed by atoms with Gasteiger partial charge in [0.1, 0.15) is 5.75 Å². The third-order valence-corrected chi connectivity index (χ3v) is 1.81. The average Bonchev–Trinajstić information content (AvgIpc) is 2.64. The number of hydrogen-bond donors (Lipinski definition) is 1. The van der Waals surface area contributed by atoms with Gasteiger partial charge in [0.2, 0.25) is 5.71 Å². The molecular formula is C9H7NO4. The van der Waals surface area contributed by atoms with E-state index in [1.165, 1.54) is 19.4 Å². The van der Waals surface area contributed by atoms with Gasteiger partial charge >= 0.3 is 5.97 Å². The highest BCUT2D eigenvalue weighted by Crippen LogP contribution is 2.24. The van der Waals surface area contributed by atoms with Gasteiger partial charge in [-0.25, -0.2) is 9.78 Å². The quantitative estimate of drug-likeness (QED) is 0.691. The van der Waals surface area contributed by atoms with Gasteiger partial charge in [-0.15, -0.1) is 0 Å². The van der Waals surface area contributed by atoms with Gasteiger partial charge in [0.15, 0.2) is 5.69 Å². The van der Waals surface area contributed by atoms with E-state index in [9.17, 15) is 9.90 Å². The molecule has 1 N–H and O–H groups in total. The van der Waals surface area contributed by atoms with Gasteiger partial charge in [0.25, 0.3) is 0 Å². The molecule has 2 aromatic heterocycles. The third-order valence-electron chi connectivity index (χ3n) is 1.81. The Morgan fingerprint density at radius 1 is 1.64 bits per heavy atom. The molecule has 0 aromatic carbocycles. The second kappa shape index (κ2) is 3.02. The lowest BCUT2D eigenvalue weighted by Crippen LogP contribution is -2.03. The predicted octanol–water partition coefficient (Wildman–Crippen LogP) is 1.32. The molecule has 14 heavy (non-hydrogen) atoms. The van der Waals surface area contributed by atoms with Crippen LogP contribution < -0.4 is 0 Å². The fourth-order valence-electron chi connectivity index (χ4n) is 1.14. The van der Waals surface area contributed by atoms with Crippen LogP contribution in [0.5, 0.6) is 5.75 Å². The average molecular weight is 193 g/mol. The molecule has 0 fully saturated rings. The van der Waals surface area contributed by atoms with E-state index in [2.05, 4.69) is 9.72 Å². The first kappa shape index (κ1) is 8.55. The van der Waals surface area contributed by atoms with Crippen LogP contribution in [0.2, 0.25) is 0 Å². The molecule has 0 bridgehead atoms. The zero-order valence-electron chi connectivity index (χ0n) is 7.35. The molecule has 0 aliphatic carbocycles. The molecule has 0 spiro atoms. The number of aromatic nitrogens is 1. The number of furan rings is 1. The van der Waals surface area contributed by atoms with Gasteiger partial charge < -0.3 is 14.3 Å². The highest BCUT2D eigenvalue weighted by molar-refractivity contribution is 5.92. The molecule has 0 saturated heterocycles. The second-order valence-electron chi connectivity index (χ2n) is 2.66. The molecule has 0 aliphatic heterocycles. The van der Waals surface area contributed by atoms with Crippen LogP contribution in [0, 0.1) is 0 Å². The van der Waals surface area contributed by atoms with E-state index >= 15 is 0 Å². The molecule has 0 atom stereocenters. The first-order chi connectivity index (χ1) is 6.72. The number of carbonyl (C=O) groups is 1. The number of rotatable bonds is 1. The number of aromatic hydroxyl groups is 1. The van der Waals surface area contributed by atoms with Crippen LogP contribution in [-0.2, 0) is 4.74 Å². The van der Waals surface area contributed by atoms with Crippen LogP contribution in [0.3, 0.4) is 0 Å². The lowest BCUT2D eigenvalue weighted by molar-refractivity contribution is 0.0593. The number of carbonyl (C=O) groups excluding carboxylic acids is 1. The fourth-order valence-corrected chi connectivity index (χ4v) is 1.14. The van der Waals surface area contributed by atoms with Crippen molar-refractivity contribution in [3.05, 3.63) is 24.1 Å². The Labute approximate surface area is 78.9 Å². The molecule has 5 heteroatoms. The molecule has 2 rings (SSSR count). The summed E-state index contributed by atoms with van der Waals surface area (Å²) in [7, 11) is 1.24. The maximum Gasteiger partial charge on any atom is 0.356 e. The first-order valence-electron chi connectivity index (χ1n) is 3.88. The topological polar surface area (TPSA) is 72.6 Å². The number of esters is 1. The van der Waals surface area contributed by atoms with E-state index in [4.69, 9.17) is 4.42 Å². The highest BCUT2D eigenvalue weighted by atomic mass is 16.5. The van der Waals surface area contributed by atoms with Crippen molar-refractivity contribution in [1.82, 2.24) is 4.98 Å². The summed E-state index contributed by atoms with van der Waals surface area (Å²) < 4.78 is 9.42. The second-order valence-corrected chi connectivity index (χ2v) is 2.66. The molecule has 5 nitrogen and oxygen atoms in total. The van der Waals surface area contributed by atoms with E-state index < -0.39 is 5.97 Å². The predicted molar refractivity (Wildman–Crippen MR) is 47.0 cm³/mol. The van der Waals surface area contributed by atoms with Crippen molar-refractivity contribution in [1.29, 1.82) is 0 Å². The Balaban J connectivity index is 2.64. The molecule has 0 amide bonds. The van der Waals surface area contributed by atoms with Gasteiger partial charge in [-0.1, -0.05) is 0 Å². The van der Waals surface area contributed by atoms with Crippen LogP contribution in [0.15, 0.2) is 22.8 Å². The summed E-state index contributed by atoms with van der Waals surface area (Å²) in [5.74, 6) is -0.664. The number of hydrogen-bond acceptors (Lipinski definition) is 5. The molecule has 2 aromatic rings. The van der Waals surface area contributed by atoms with Crippen LogP contribution >= 0.6 is 0 Å². The summed E-state index contributed by atoms with van der Waals surface area (Å²) in [5, 5.41) is 9.95. The maximum absolute atomic E-state index is 11.1. The maximum atomic E-state index is 11.1. The summed E-state index contributed by atoms with van der Waals surface area (Å²) in [4.78, 5) is 15.0. The van der Waals surface area contributed by atoms with E-state index in [-0.39, 0.29) is 17.2 Å². The van der Waals surface area contributed by atoms with Crippen molar-refractivity contribution in [2.45, 2.75) is 0 Å². The normalized spacial score (nSPS) is 10.4. The lowest BCUT2D eigenvalue weighted by atomic mass is 10.2. The van der Waals surface area contributed by atoms with Gasteiger partial charge in [0.05, 0.1) is 18.8 Å². The standard InChI is InChI=1S/C9H7NO4/c1-13-9(12)6-4-7(11)5-2-3-14-8(5)10-6/h2-4H,1H3,(H,10,11). The van der Waals surface area contributed by atoms with Crippen molar-refractivity contribution in [3.63, 3.8) is 0 Å². The summed E-state index contributed by atoms with van der Waals surface area (Å²) in [6, 6.07) is 2.81. The van der Waals surface area contributed by atoms with Crippen molar-refractivity contribution < 1.29 is 19.1 Å². The molecule has 0 saturated carbocycles. The number of fused-ring (bicyclic) bond motifs is 1. The highest BCUT2D eigenvalue weighted by Gasteiger charge is 2.13. The summed E-state index contributed by atoms with van der Waals surface area (Å²) >= 11 is 0. The molecule has 0 aliphatic rings. The third kappa shape index (κ3) is 1.19. The van der Waals surface area contributed by atoms with Crippen LogP contribution in [0.25, 0.3) is 11.1 Å². The zero-order chi connectivity index (χ0) is 10.1. The van der Waals surface area contributed by atoms with Crippen molar-refractivity contribution in [2.75, 3.05) is 7.11 Å². The van der Waals surface area contributed by atoms with Crippen LogP contribution in [0.4, 0.5) is 0 Å². The summed E-state index contributed by atoms with van der Waals surface area (Å²) in [6.45, 7) is 0. The minimum absolute atomic E-state index is 0.0208. The number of nitrogens with zero attached hydrogens (tertiary/aromatic N) is 1. The van der Waals surface area contributed by atoms with E-state index in [0.717, 1.165) is 0 Å². The van der Waals surface area contributed by atoms with Gasteiger partial charge in [-0.2, -0.15) is 0 Å². The molecule has 2 heterocycles. The van der Waals surface area contributed by atoms with Crippen LogP contribution in [-0.4, -0.2) is 23.2 Å². The van der Waals surface area contributed by atoms with Crippen LogP contribution in [0.1, 0.15) is 10.5 Å². The molecular weight excluding hydrogens is 186 g/mol.